The molecule has 6 nitrogen and oxygen atoms in total. The number of hydrogen-bond donors (Lipinski definition) is 0. The SMILES string of the molecule is O=[N+]([O-])c1ccc(CS(=O)(=O)Oc2ccc3c(c2)CCC3)cc1. The average molecular weight is 333 g/mol. The van der Waals surface area contributed by atoms with Crippen LogP contribution >= 0.6 is 0 Å². The Morgan fingerprint density at radius 1 is 1.04 bits per heavy atom. The molecule has 120 valence electrons. The first-order chi connectivity index (χ1) is 10.9. The Kier molecular flexibility index (Phi) is 4.04. The van der Waals surface area contributed by atoms with E-state index in [-0.39, 0.29) is 11.4 Å². The number of nitro benzene ring substituents is 1. The van der Waals surface area contributed by atoms with E-state index >= 15 is 0 Å². The molecule has 0 heterocycles. The minimum Gasteiger partial charge on any atom is -0.382 e. The molecule has 0 atom stereocenters. The quantitative estimate of drug-likeness (QED) is 0.477. The van der Waals surface area contributed by atoms with Gasteiger partial charge in [-0.05, 0) is 48.1 Å². The molecule has 0 aromatic heterocycles. The third kappa shape index (κ3) is 3.68. The minimum atomic E-state index is -3.81. The van der Waals surface area contributed by atoms with Crippen molar-refractivity contribution in [2.45, 2.75) is 25.0 Å². The second-order valence-corrected chi connectivity index (χ2v) is 7.06. The van der Waals surface area contributed by atoms with E-state index < -0.39 is 15.0 Å². The zero-order valence-corrected chi connectivity index (χ0v) is 13.1. The van der Waals surface area contributed by atoms with Crippen molar-refractivity contribution in [3.05, 3.63) is 69.3 Å². The van der Waals surface area contributed by atoms with E-state index in [2.05, 4.69) is 0 Å². The van der Waals surface area contributed by atoms with Gasteiger partial charge >= 0.3 is 10.1 Å². The summed E-state index contributed by atoms with van der Waals surface area (Å²) in [5, 5.41) is 10.6. The van der Waals surface area contributed by atoms with E-state index in [0.29, 0.717) is 11.3 Å². The Morgan fingerprint density at radius 3 is 2.43 bits per heavy atom. The third-order valence-electron chi connectivity index (χ3n) is 3.78. The van der Waals surface area contributed by atoms with Crippen LogP contribution in [-0.2, 0) is 28.7 Å². The fraction of sp³-hybridized carbons (Fsp3) is 0.250. The van der Waals surface area contributed by atoms with Crippen molar-refractivity contribution in [1.29, 1.82) is 0 Å². The molecule has 1 aliphatic rings. The molecule has 0 spiro atoms. The summed E-state index contributed by atoms with van der Waals surface area (Å²) in [5.74, 6) is -0.0187. The Labute approximate surface area is 134 Å². The van der Waals surface area contributed by atoms with Crippen LogP contribution in [0.5, 0.6) is 5.75 Å². The van der Waals surface area contributed by atoms with Gasteiger partial charge in [-0.2, -0.15) is 8.42 Å². The lowest BCUT2D eigenvalue weighted by molar-refractivity contribution is -0.384. The van der Waals surface area contributed by atoms with E-state index in [0.717, 1.165) is 24.8 Å². The minimum absolute atomic E-state index is 0.0781. The molecule has 2 aromatic carbocycles. The topological polar surface area (TPSA) is 86.5 Å². The zero-order valence-electron chi connectivity index (χ0n) is 12.3. The summed E-state index contributed by atoms with van der Waals surface area (Å²) in [6, 6.07) is 10.7. The summed E-state index contributed by atoms with van der Waals surface area (Å²) in [6.07, 6.45) is 3.04. The Morgan fingerprint density at radius 2 is 1.74 bits per heavy atom. The lowest BCUT2D eigenvalue weighted by Crippen LogP contribution is -2.12. The van der Waals surface area contributed by atoms with Gasteiger partial charge in [-0.1, -0.05) is 18.2 Å². The summed E-state index contributed by atoms with van der Waals surface area (Å²) in [6.45, 7) is 0. The second kappa shape index (κ2) is 6.00. The Balaban J connectivity index is 1.73. The summed E-state index contributed by atoms with van der Waals surface area (Å²) < 4.78 is 29.4. The molecule has 1 aliphatic carbocycles. The molecule has 0 N–H and O–H groups in total. The van der Waals surface area contributed by atoms with E-state index in [4.69, 9.17) is 4.18 Å². The number of benzene rings is 2. The molecule has 2 aromatic rings. The fourth-order valence-electron chi connectivity index (χ4n) is 2.69. The van der Waals surface area contributed by atoms with Crippen molar-refractivity contribution in [3.63, 3.8) is 0 Å². The van der Waals surface area contributed by atoms with Crippen molar-refractivity contribution < 1.29 is 17.5 Å². The second-order valence-electron chi connectivity index (χ2n) is 5.49. The van der Waals surface area contributed by atoms with E-state index in [9.17, 15) is 18.5 Å². The standard InChI is InChI=1S/C16H15NO5S/c18-17(19)15-7-4-12(5-8-15)11-23(20,21)22-16-9-6-13-2-1-3-14(13)10-16/h4-10H,1-3,11H2. The molecule has 23 heavy (non-hydrogen) atoms. The molecular formula is C16H15NO5S. The summed E-state index contributed by atoms with van der Waals surface area (Å²) >= 11 is 0. The van der Waals surface area contributed by atoms with Gasteiger partial charge in [-0.3, -0.25) is 10.1 Å². The van der Waals surface area contributed by atoms with Crippen LogP contribution in [0, 0.1) is 10.1 Å². The van der Waals surface area contributed by atoms with Gasteiger partial charge in [0.15, 0.2) is 0 Å². The van der Waals surface area contributed by atoms with Crippen LogP contribution < -0.4 is 4.18 Å². The zero-order chi connectivity index (χ0) is 16.4. The van der Waals surface area contributed by atoms with Gasteiger partial charge in [0.2, 0.25) is 0 Å². The monoisotopic (exact) mass is 333 g/mol. The molecule has 0 saturated heterocycles. The summed E-state index contributed by atoms with van der Waals surface area (Å²) in [5.41, 5.74) is 2.74. The molecule has 0 saturated carbocycles. The fourth-order valence-corrected chi connectivity index (χ4v) is 3.75. The number of hydrogen-bond acceptors (Lipinski definition) is 5. The lowest BCUT2D eigenvalue weighted by Gasteiger charge is -2.08. The highest BCUT2D eigenvalue weighted by Crippen LogP contribution is 2.27. The van der Waals surface area contributed by atoms with Crippen LogP contribution in [0.1, 0.15) is 23.1 Å². The number of fused-ring (bicyclic) bond motifs is 1. The maximum Gasteiger partial charge on any atom is 0.313 e. The van der Waals surface area contributed by atoms with Gasteiger partial charge in [0.05, 0.1) is 4.92 Å². The number of rotatable bonds is 5. The molecule has 0 aliphatic heterocycles. The van der Waals surface area contributed by atoms with Gasteiger partial charge in [0.25, 0.3) is 5.69 Å². The molecule has 0 fully saturated rings. The molecular weight excluding hydrogens is 318 g/mol. The number of non-ortho nitro benzene ring substituents is 1. The highest BCUT2D eigenvalue weighted by atomic mass is 32.2. The first-order valence-corrected chi connectivity index (χ1v) is 8.78. The summed E-state index contributed by atoms with van der Waals surface area (Å²) in [7, 11) is -3.81. The third-order valence-corrected chi connectivity index (χ3v) is 4.92. The molecule has 3 rings (SSSR count). The normalized spacial score (nSPS) is 13.6. The predicted octanol–water partition coefficient (Wildman–Crippen LogP) is 2.99. The van der Waals surface area contributed by atoms with Crippen LogP contribution in [-0.4, -0.2) is 13.3 Å². The van der Waals surface area contributed by atoms with Crippen LogP contribution in [0.25, 0.3) is 0 Å². The van der Waals surface area contributed by atoms with E-state index in [1.165, 1.54) is 29.8 Å². The highest BCUT2D eigenvalue weighted by molar-refractivity contribution is 7.86. The maximum atomic E-state index is 12.1. The van der Waals surface area contributed by atoms with Crippen LogP contribution in [0.15, 0.2) is 42.5 Å². The van der Waals surface area contributed by atoms with Crippen molar-refractivity contribution >= 4 is 15.8 Å². The van der Waals surface area contributed by atoms with Gasteiger partial charge in [-0.25, -0.2) is 0 Å². The molecule has 0 radical (unpaired) electrons. The maximum absolute atomic E-state index is 12.1. The molecule has 0 bridgehead atoms. The van der Waals surface area contributed by atoms with E-state index in [1.54, 1.807) is 12.1 Å². The number of aryl methyl sites for hydroxylation is 2. The summed E-state index contributed by atoms with van der Waals surface area (Å²) in [4.78, 5) is 10.1. The Bertz CT molecular complexity index is 843. The highest BCUT2D eigenvalue weighted by Gasteiger charge is 2.17. The molecule has 0 amide bonds. The predicted molar refractivity (Wildman–Crippen MR) is 84.8 cm³/mol. The van der Waals surface area contributed by atoms with Crippen molar-refractivity contribution in [2.75, 3.05) is 0 Å². The largest absolute Gasteiger partial charge is 0.382 e. The van der Waals surface area contributed by atoms with Gasteiger partial charge < -0.3 is 4.18 Å². The smallest absolute Gasteiger partial charge is 0.313 e. The lowest BCUT2D eigenvalue weighted by atomic mass is 10.1. The Hall–Kier alpha value is -2.41. The van der Waals surface area contributed by atoms with Gasteiger partial charge in [-0.15, -0.1) is 0 Å². The van der Waals surface area contributed by atoms with Crippen LogP contribution in [0.3, 0.4) is 0 Å². The number of nitro groups is 1. The molecule has 7 heteroatoms. The van der Waals surface area contributed by atoms with Crippen LogP contribution in [0.4, 0.5) is 5.69 Å². The van der Waals surface area contributed by atoms with Gasteiger partial charge in [0.1, 0.15) is 11.5 Å². The van der Waals surface area contributed by atoms with Crippen molar-refractivity contribution in [2.24, 2.45) is 0 Å². The van der Waals surface area contributed by atoms with Crippen molar-refractivity contribution in [3.8, 4) is 5.75 Å². The first-order valence-electron chi connectivity index (χ1n) is 7.20. The van der Waals surface area contributed by atoms with Crippen LogP contribution in [0.2, 0.25) is 0 Å². The molecule has 0 unspecified atom stereocenters. The number of nitrogens with zero attached hydrogens (tertiary/aromatic N) is 1. The van der Waals surface area contributed by atoms with E-state index in [1.807, 2.05) is 6.07 Å². The first kappa shape index (κ1) is 15.5. The average Bonchev–Trinajstić information content (AvgIpc) is 2.94. The van der Waals surface area contributed by atoms with Gasteiger partial charge in [0, 0.05) is 12.1 Å². The van der Waals surface area contributed by atoms with Crippen molar-refractivity contribution in [1.82, 2.24) is 0 Å².